The quantitative estimate of drug-likeness (QED) is 0.865. The van der Waals surface area contributed by atoms with Gasteiger partial charge in [0.15, 0.2) is 0 Å². The number of morpholine rings is 1. The van der Waals surface area contributed by atoms with Gasteiger partial charge < -0.3 is 14.7 Å². The fourth-order valence-corrected chi connectivity index (χ4v) is 4.28. The van der Waals surface area contributed by atoms with Crippen LogP contribution < -0.4 is 0 Å². The van der Waals surface area contributed by atoms with E-state index in [2.05, 4.69) is 18.7 Å². The van der Waals surface area contributed by atoms with Crippen LogP contribution >= 0.6 is 11.6 Å². The predicted octanol–water partition coefficient (Wildman–Crippen LogP) is 2.27. The second kappa shape index (κ2) is 8.21. The lowest BCUT2D eigenvalue weighted by Gasteiger charge is -2.37. The average Bonchev–Trinajstić information content (AvgIpc) is 2.96. The molecule has 0 bridgehead atoms. The van der Waals surface area contributed by atoms with Gasteiger partial charge in [0.2, 0.25) is 0 Å². The number of nitrogens with zero attached hydrogens (tertiary/aromatic N) is 2. The number of halogens is 2. The molecule has 0 aromatic heterocycles. The number of hydrogen-bond donors (Lipinski definition) is 1. The molecule has 2 heterocycles. The van der Waals surface area contributed by atoms with Crippen LogP contribution in [-0.4, -0.2) is 72.4 Å². The Bertz CT molecular complexity index is 650. The van der Waals surface area contributed by atoms with Crippen molar-refractivity contribution in [2.75, 3.05) is 39.3 Å². The monoisotopic (exact) mass is 384 g/mol. The topological polar surface area (TPSA) is 53.0 Å². The van der Waals surface area contributed by atoms with Gasteiger partial charge in [-0.2, -0.15) is 0 Å². The first-order chi connectivity index (χ1) is 12.4. The second-order valence-corrected chi connectivity index (χ2v) is 7.95. The Hall–Kier alpha value is -1.21. The van der Waals surface area contributed by atoms with Gasteiger partial charge in [-0.25, -0.2) is 4.39 Å². The number of benzene rings is 1. The Morgan fingerprint density at radius 2 is 1.88 bits per heavy atom. The highest BCUT2D eigenvalue weighted by Gasteiger charge is 2.37. The van der Waals surface area contributed by atoms with Crippen LogP contribution in [0.25, 0.3) is 0 Å². The van der Waals surface area contributed by atoms with Crippen molar-refractivity contribution in [2.24, 2.45) is 11.8 Å². The van der Waals surface area contributed by atoms with Crippen molar-refractivity contribution in [2.45, 2.75) is 26.1 Å². The predicted molar refractivity (Wildman–Crippen MR) is 97.8 cm³/mol. The molecule has 2 fully saturated rings. The molecule has 1 N–H and O–H groups in total. The maximum absolute atomic E-state index is 14.1. The van der Waals surface area contributed by atoms with Crippen molar-refractivity contribution in [3.05, 3.63) is 34.6 Å². The third-order valence-corrected chi connectivity index (χ3v) is 5.48. The molecule has 0 radical (unpaired) electrons. The van der Waals surface area contributed by atoms with E-state index >= 15 is 0 Å². The Kier molecular flexibility index (Phi) is 6.17. The maximum atomic E-state index is 14.1. The summed E-state index contributed by atoms with van der Waals surface area (Å²) < 4.78 is 19.9. The molecule has 0 aliphatic carbocycles. The second-order valence-electron chi connectivity index (χ2n) is 7.51. The Labute approximate surface area is 158 Å². The minimum absolute atomic E-state index is 0.00256. The van der Waals surface area contributed by atoms with E-state index in [-0.39, 0.29) is 47.1 Å². The van der Waals surface area contributed by atoms with E-state index in [1.54, 1.807) is 4.90 Å². The molecule has 3 rings (SSSR count). The fourth-order valence-electron chi connectivity index (χ4n) is 4.12. The third-order valence-electron chi connectivity index (χ3n) is 5.25. The number of likely N-dealkylation sites (tertiary alicyclic amines) is 1. The summed E-state index contributed by atoms with van der Waals surface area (Å²) >= 11 is 5.77. The maximum Gasteiger partial charge on any atom is 0.256 e. The van der Waals surface area contributed by atoms with Gasteiger partial charge in [-0.3, -0.25) is 9.69 Å². The lowest BCUT2D eigenvalue weighted by Crippen LogP contribution is -2.48. The van der Waals surface area contributed by atoms with E-state index in [1.807, 2.05) is 0 Å². The van der Waals surface area contributed by atoms with Gasteiger partial charge in [-0.1, -0.05) is 11.6 Å². The molecule has 144 valence electrons. The molecule has 4 atom stereocenters. The summed E-state index contributed by atoms with van der Waals surface area (Å²) in [4.78, 5) is 16.7. The standard InChI is InChI=1S/C19H26ClFN2O3/c1-12-6-22(7-13(2)26-12)8-14-9-23(10-15(14)11-24)19(25)17-4-3-16(20)5-18(17)21/h3-5,12-15,24H,6-11H2,1-2H3/t12-,13+,14-,15-/m1/s1. The molecule has 1 aromatic carbocycles. The van der Waals surface area contributed by atoms with Crippen molar-refractivity contribution in [3.63, 3.8) is 0 Å². The molecular formula is C19H26ClFN2O3. The van der Waals surface area contributed by atoms with E-state index in [1.165, 1.54) is 12.1 Å². The summed E-state index contributed by atoms with van der Waals surface area (Å²) in [6.45, 7) is 7.59. The van der Waals surface area contributed by atoms with Crippen LogP contribution in [-0.2, 0) is 4.74 Å². The summed E-state index contributed by atoms with van der Waals surface area (Å²) in [6.07, 6.45) is 0.349. The lowest BCUT2D eigenvalue weighted by atomic mass is 9.96. The Balaban J connectivity index is 1.67. The zero-order chi connectivity index (χ0) is 18.8. The molecule has 26 heavy (non-hydrogen) atoms. The first-order valence-corrected chi connectivity index (χ1v) is 9.48. The van der Waals surface area contributed by atoms with Crippen molar-refractivity contribution in [1.82, 2.24) is 9.80 Å². The van der Waals surface area contributed by atoms with Crippen molar-refractivity contribution >= 4 is 17.5 Å². The summed E-state index contributed by atoms with van der Waals surface area (Å²) in [6, 6.07) is 4.10. The van der Waals surface area contributed by atoms with Crippen molar-refractivity contribution in [1.29, 1.82) is 0 Å². The largest absolute Gasteiger partial charge is 0.396 e. The van der Waals surface area contributed by atoms with Gasteiger partial charge in [0.25, 0.3) is 5.91 Å². The number of amides is 1. The minimum atomic E-state index is -0.609. The van der Waals surface area contributed by atoms with Crippen LogP contribution in [0.3, 0.4) is 0 Å². The van der Waals surface area contributed by atoms with E-state index in [4.69, 9.17) is 16.3 Å². The lowest BCUT2D eigenvalue weighted by molar-refractivity contribution is -0.0726. The number of aliphatic hydroxyl groups excluding tert-OH is 1. The average molecular weight is 385 g/mol. The van der Waals surface area contributed by atoms with Gasteiger partial charge >= 0.3 is 0 Å². The van der Waals surface area contributed by atoms with Gasteiger partial charge in [0.05, 0.1) is 17.8 Å². The molecular weight excluding hydrogens is 359 g/mol. The van der Waals surface area contributed by atoms with Crippen molar-refractivity contribution < 1.29 is 19.0 Å². The Morgan fingerprint density at radius 3 is 2.50 bits per heavy atom. The zero-order valence-corrected chi connectivity index (χ0v) is 16.0. The number of rotatable bonds is 4. The zero-order valence-electron chi connectivity index (χ0n) is 15.2. The molecule has 5 nitrogen and oxygen atoms in total. The van der Waals surface area contributed by atoms with Gasteiger partial charge in [-0.15, -0.1) is 0 Å². The SMILES string of the molecule is C[C@@H]1CN(C[C@@H]2CN(C(=O)c3ccc(Cl)cc3F)C[C@@H]2CO)C[C@H](C)O1. The van der Waals surface area contributed by atoms with E-state index in [0.717, 1.165) is 25.7 Å². The number of carbonyl (C=O) groups excluding carboxylic acids is 1. The molecule has 0 spiro atoms. The number of ether oxygens (including phenoxy) is 1. The highest BCUT2D eigenvalue weighted by Crippen LogP contribution is 2.27. The van der Waals surface area contributed by atoms with Crippen LogP contribution in [0.2, 0.25) is 5.02 Å². The van der Waals surface area contributed by atoms with Crippen LogP contribution in [0, 0.1) is 17.7 Å². The highest BCUT2D eigenvalue weighted by molar-refractivity contribution is 6.30. The van der Waals surface area contributed by atoms with Gasteiger partial charge in [0.1, 0.15) is 5.82 Å². The number of hydrogen-bond acceptors (Lipinski definition) is 4. The van der Waals surface area contributed by atoms with Crippen LogP contribution in [0.15, 0.2) is 18.2 Å². The summed E-state index contributed by atoms with van der Waals surface area (Å²) in [5.74, 6) is -0.786. The van der Waals surface area contributed by atoms with E-state index in [0.29, 0.717) is 13.1 Å². The Morgan fingerprint density at radius 1 is 1.23 bits per heavy atom. The van der Waals surface area contributed by atoms with Crippen molar-refractivity contribution in [3.8, 4) is 0 Å². The molecule has 1 amide bonds. The number of carbonyl (C=O) groups is 1. The highest BCUT2D eigenvalue weighted by atomic mass is 35.5. The summed E-state index contributed by atoms with van der Waals surface area (Å²) in [5.41, 5.74) is 0.0281. The van der Waals surface area contributed by atoms with E-state index < -0.39 is 5.82 Å². The fraction of sp³-hybridized carbons (Fsp3) is 0.632. The van der Waals surface area contributed by atoms with Crippen LogP contribution in [0.4, 0.5) is 4.39 Å². The smallest absolute Gasteiger partial charge is 0.256 e. The third kappa shape index (κ3) is 4.36. The number of aliphatic hydroxyl groups is 1. The van der Waals surface area contributed by atoms with Crippen LogP contribution in [0.5, 0.6) is 0 Å². The molecule has 2 saturated heterocycles. The van der Waals surface area contributed by atoms with Crippen LogP contribution in [0.1, 0.15) is 24.2 Å². The normalized spacial score (nSPS) is 30.0. The molecule has 2 aliphatic rings. The molecule has 7 heteroatoms. The van der Waals surface area contributed by atoms with E-state index in [9.17, 15) is 14.3 Å². The minimum Gasteiger partial charge on any atom is -0.396 e. The molecule has 0 saturated carbocycles. The summed E-state index contributed by atoms with van der Waals surface area (Å²) in [5, 5.41) is 10.0. The summed E-state index contributed by atoms with van der Waals surface area (Å²) in [7, 11) is 0. The molecule has 2 aliphatic heterocycles. The first-order valence-electron chi connectivity index (χ1n) is 9.10. The molecule has 0 unspecified atom stereocenters. The molecule has 1 aromatic rings. The van der Waals surface area contributed by atoms with Gasteiger partial charge in [0, 0.05) is 50.3 Å². The first kappa shape index (κ1) is 19.5. The van der Waals surface area contributed by atoms with Gasteiger partial charge in [-0.05, 0) is 38.0 Å².